The molecule has 1 unspecified atom stereocenters. The van der Waals surface area contributed by atoms with E-state index in [2.05, 4.69) is 43.4 Å². The zero-order valence-electron chi connectivity index (χ0n) is 10.6. The first-order valence-corrected chi connectivity index (χ1v) is 6.04. The summed E-state index contributed by atoms with van der Waals surface area (Å²) in [6, 6.07) is 8.73. The Labute approximate surface area is 99.0 Å². The molecule has 0 saturated heterocycles. The summed E-state index contributed by atoms with van der Waals surface area (Å²) in [5.41, 5.74) is 2.66. The molecule has 0 aliphatic rings. The molecule has 0 spiro atoms. The largest absolute Gasteiger partial charge is 0.384 e. The van der Waals surface area contributed by atoms with E-state index in [0.29, 0.717) is 5.92 Å². The molecule has 0 fully saturated rings. The molecule has 0 saturated carbocycles. The molecule has 0 aliphatic carbocycles. The second-order valence-corrected chi connectivity index (χ2v) is 4.27. The van der Waals surface area contributed by atoms with E-state index >= 15 is 0 Å². The van der Waals surface area contributed by atoms with Gasteiger partial charge in [0.05, 0.1) is 6.61 Å². The van der Waals surface area contributed by atoms with Crippen LogP contribution < -0.4 is 5.32 Å². The number of methoxy groups -OCH3 is 1. The number of rotatable bonds is 7. The molecule has 0 aromatic heterocycles. The summed E-state index contributed by atoms with van der Waals surface area (Å²) in [7, 11) is 1.76. The van der Waals surface area contributed by atoms with Gasteiger partial charge in [0.1, 0.15) is 0 Å². The molecular weight excluding hydrogens is 198 g/mol. The van der Waals surface area contributed by atoms with Gasteiger partial charge < -0.3 is 10.1 Å². The highest BCUT2D eigenvalue weighted by molar-refractivity contribution is 5.24. The van der Waals surface area contributed by atoms with Crippen molar-refractivity contribution in [1.82, 2.24) is 5.32 Å². The van der Waals surface area contributed by atoms with Crippen LogP contribution in [0.25, 0.3) is 0 Å². The maximum absolute atomic E-state index is 5.28. The van der Waals surface area contributed by atoms with Crippen LogP contribution in [0.1, 0.15) is 30.4 Å². The normalized spacial score (nSPS) is 12.7. The molecule has 1 aromatic rings. The number of nitrogens with one attached hydrogen (secondary N) is 1. The van der Waals surface area contributed by atoms with Crippen molar-refractivity contribution in [2.45, 2.75) is 26.2 Å². The van der Waals surface area contributed by atoms with E-state index in [1.165, 1.54) is 17.5 Å². The number of hydrogen-bond acceptors (Lipinski definition) is 2. The topological polar surface area (TPSA) is 21.3 Å². The summed E-state index contributed by atoms with van der Waals surface area (Å²) in [4.78, 5) is 0. The fourth-order valence-electron chi connectivity index (χ4n) is 1.77. The number of hydrogen-bond donors (Lipinski definition) is 1. The summed E-state index contributed by atoms with van der Waals surface area (Å²) < 4.78 is 5.28. The summed E-state index contributed by atoms with van der Waals surface area (Å²) in [5.74, 6) is 0.456. The van der Waals surface area contributed by atoms with Gasteiger partial charge in [-0.1, -0.05) is 36.8 Å². The smallest absolute Gasteiger partial charge is 0.0543 e. The lowest BCUT2D eigenvalue weighted by Crippen LogP contribution is -2.25. The number of ether oxygens (including phenoxy) is 1. The highest BCUT2D eigenvalue weighted by Crippen LogP contribution is 2.16. The van der Waals surface area contributed by atoms with Crippen LogP contribution in [0.3, 0.4) is 0 Å². The highest BCUT2D eigenvalue weighted by atomic mass is 16.5. The van der Waals surface area contributed by atoms with Crippen LogP contribution in [0.2, 0.25) is 0 Å². The molecule has 16 heavy (non-hydrogen) atoms. The van der Waals surface area contributed by atoms with Crippen LogP contribution in [0.5, 0.6) is 0 Å². The highest BCUT2D eigenvalue weighted by Gasteiger charge is 2.10. The lowest BCUT2D eigenvalue weighted by molar-refractivity contribution is 0.178. The van der Waals surface area contributed by atoms with Crippen molar-refractivity contribution in [2.75, 3.05) is 26.8 Å². The van der Waals surface area contributed by atoms with E-state index in [9.17, 15) is 0 Å². The quantitative estimate of drug-likeness (QED) is 0.715. The Morgan fingerprint density at radius 3 is 2.50 bits per heavy atom. The van der Waals surface area contributed by atoms with Crippen molar-refractivity contribution in [3.63, 3.8) is 0 Å². The Hall–Kier alpha value is -0.860. The van der Waals surface area contributed by atoms with Gasteiger partial charge >= 0.3 is 0 Å². The van der Waals surface area contributed by atoms with Crippen LogP contribution in [0.15, 0.2) is 24.3 Å². The predicted molar refractivity (Wildman–Crippen MR) is 69.0 cm³/mol. The molecule has 1 atom stereocenters. The van der Waals surface area contributed by atoms with Gasteiger partial charge in [-0.3, -0.25) is 0 Å². The maximum Gasteiger partial charge on any atom is 0.0543 e. The van der Waals surface area contributed by atoms with Crippen molar-refractivity contribution in [2.24, 2.45) is 0 Å². The molecular formula is C14H23NO. The Morgan fingerprint density at radius 2 is 1.94 bits per heavy atom. The molecule has 90 valence electrons. The fraction of sp³-hybridized carbons (Fsp3) is 0.571. The van der Waals surface area contributed by atoms with Crippen molar-refractivity contribution >= 4 is 0 Å². The second kappa shape index (κ2) is 7.42. The van der Waals surface area contributed by atoms with E-state index in [4.69, 9.17) is 4.74 Å². The molecule has 0 heterocycles. The average molecular weight is 221 g/mol. The van der Waals surface area contributed by atoms with Gasteiger partial charge in [-0.2, -0.15) is 0 Å². The van der Waals surface area contributed by atoms with E-state index < -0.39 is 0 Å². The Balaban J connectivity index is 2.57. The van der Waals surface area contributed by atoms with Crippen LogP contribution >= 0.6 is 0 Å². The zero-order valence-corrected chi connectivity index (χ0v) is 10.6. The summed E-state index contributed by atoms with van der Waals surface area (Å²) in [5, 5.41) is 3.45. The van der Waals surface area contributed by atoms with Crippen LogP contribution in [-0.4, -0.2) is 26.8 Å². The molecule has 0 aliphatic heterocycles. The number of benzene rings is 1. The van der Waals surface area contributed by atoms with Crippen molar-refractivity contribution in [1.29, 1.82) is 0 Å². The van der Waals surface area contributed by atoms with Gasteiger partial charge in [0, 0.05) is 19.6 Å². The molecule has 1 rings (SSSR count). The SMILES string of the molecule is CCCNCC(COC)c1ccc(C)cc1. The molecule has 1 N–H and O–H groups in total. The summed E-state index contributed by atoms with van der Waals surface area (Å²) in [6.45, 7) is 7.14. The third kappa shape index (κ3) is 4.33. The van der Waals surface area contributed by atoms with Crippen molar-refractivity contribution in [3.8, 4) is 0 Å². The van der Waals surface area contributed by atoms with E-state index in [0.717, 1.165) is 19.7 Å². The van der Waals surface area contributed by atoms with Gasteiger partial charge in [-0.05, 0) is 25.5 Å². The molecule has 1 aromatic carbocycles. The Kier molecular flexibility index (Phi) is 6.12. The minimum Gasteiger partial charge on any atom is -0.384 e. The van der Waals surface area contributed by atoms with Gasteiger partial charge in [0.15, 0.2) is 0 Å². The van der Waals surface area contributed by atoms with Crippen LogP contribution in [-0.2, 0) is 4.74 Å². The molecule has 0 radical (unpaired) electrons. The van der Waals surface area contributed by atoms with Gasteiger partial charge in [0.25, 0.3) is 0 Å². The van der Waals surface area contributed by atoms with Gasteiger partial charge in [-0.25, -0.2) is 0 Å². The third-order valence-corrected chi connectivity index (χ3v) is 2.73. The molecule has 0 bridgehead atoms. The zero-order chi connectivity index (χ0) is 11.8. The lowest BCUT2D eigenvalue weighted by atomic mass is 9.99. The first-order valence-electron chi connectivity index (χ1n) is 6.04. The lowest BCUT2D eigenvalue weighted by Gasteiger charge is -2.17. The molecule has 2 heteroatoms. The first-order chi connectivity index (χ1) is 7.77. The van der Waals surface area contributed by atoms with Gasteiger partial charge in [-0.15, -0.1) is 0 Å². The monoisotopic (exact) mass is 221 g/mol. The van der Waals surface area contributed by atoms with Crippen LogP contribution in [0.4, 0.5) is 0 Å². The Morgan fingerprint density at radius 1 is 1.25 bits per heavy atom. The molecule has 0 amide bonds. The van der Waals surface area contributed by atoms with Crippen molar-refractivity contribution < 1.29 is 4.74 Å². The minimum absolute atomic E-state index is 0.456. The molecule has 2 nitrogen and oxygen atoms in total. The van der Waals surface area contributed by atoms with E-state index in [1.54, 1.807) is 7.11 Å². The van der Waals surface area contributed by atoms with Gasteiger partial charge in [0.2, 0.25) is 0 Å². The third-order valence-electron chi connectivity index (χ3n) is 2.73. The Bertz CT molecular complexity index is 281. The predicted octanol–water partition coefficient (Wildman–Crippen LogP) is 2.72. The van der Waals surface area contributed by atoms with E-state index in [-0.39, 0.29) is 0 Å². The summed E-state index contributed by atoms with van der Waals surface area (Å²) >= 11 is 0. The average Bonchev–Trinajstić information content (AvgIpc) is 2.29. The fourth-order valence-corrected chi connectivity index (χ4v) is 1.77. The van der Waals surface area contributed by atoms with Crippen molar-refractivity contribution in [3.05, 3.63) is 35.4 Å². The van der Waals surface area contributed by atoms with Crippen LogP contribution in [0, 0.1) is 6.92 Å². The minimum atomic E-state index is 0.456. The maximum atomic E-state index is 5.28. The van der Waals surface area contributed by atoms with E-state index in [1.807, 2.05) is 0 Å². The standard InChI is InChI=1S/C14H23NO/c1-4-9-15-10-14(11-16-3)13-7-5-12(2)6-8-13/h5-8,14-15H,4,9-11H2,1-3H3. The first kappa shape index (κ1) is 13.2. The summed E-state index contributed by atoms with van der Waals surface area (Å²) in [6.07, 6.45) is 1.17. The second-order valence-electron chi connectivity index (χ2n) is 4.27. The number of aryl methyl sites for hydroxylation is 1.